The Hall–Kier alpha value is -2.11. The summed E-state index contributed by atoms with van der Waals surface area (Å²) in [6.45, 7) is 10.9. The van der Waals surface area contributed by atoms with E-state index in [2.05, 4.69) is 22.0 Å². The third kappa shape index (κ3) is 3.51. The van der Waals surface area contributed by atoms with Gasteiger partial charge in [-0.2, -0.15) is 10.1 Å². The monoisotopic (exact) mass is 289 g/mol. The zero-order chi connectivity index (χ0) is 15.6. The van der Waals surface area contributed by atoms with Gasteiger partial charge in [0.15, 0.2) is 5.75 Å². The smallest absolute Gasteiger partial charge is 0.227 e. The molecule has 21 heavy (non-hydrogen) atoms. The minimum Gasteiger partial charge on any atom is -0.435 e. The van der Waals surface area contributed by atoms with E-state index >= 15 is 0 Å². The maximum Gasteiger partial charge on any atom is 0.227 e. The zero-order valence-corrected chi connectivity index (χ0v) is 13.3. The van der Waals surface area contributed by atoms with Crippen molar-refractivity contribution in [3.8, 4) is 11.6 Å². The first-order chi connectivity index (χ1) is 9.81. The van der Waals surface area contributed by atoms with Gasteiger partial charge in [-0.05, 0) is 13.3 Å². The average Bonchev–Trinajstić information content (AvgIpc) is 2.81. The van der Waals surface area contributed by atoms with Crippen molar-refractivity contribution in [1.29, 1.82) is 0 Å². The quantitative estimate of drug-likeness (QED) is 0.935. The Morgan fingerprint density at radius 3 is 2.62 bits per heavy atom. The first-order valence-corrected chi connectivity index (χ1v) is 7.16. The van der Waals surface area contributed by atoms with Gasteiger partial charge in [-0.3, -0.25) is 4.68 Å². The van der Waals surface area contributed by atoms with E-state index in [1.165, 1.54) is 0 Å². The van der Waals surface area contributed by atoms with E-state index in [1.807, 2.05) is 38.6 Å². The third-order valence-electron chi connectivity index (χ3n) is 3.09. The predicted molar refractivity (Wildman–Crippen MR) is 82.5 cm³/mol. The Labute approximate surface area is 125 Å². The van der Waals surface area contributed by atoms with Gasteiger partial charge in [0.05, 0.1) is 18.0 Å². The topological polar surface area (TPSA) is 78.8 Å². The van der Waals surface area contributed by atoms with Gasteiger partial charge < -0.3 is 10.5 Å². The second-order valence-corrected chi connectivity index (χ2v) is 6.15. The summed E-state index contributed by atoms with van der Waals surface area (Å²) in [5, 5.41) is 4.24. The number of nitrogens with two attached hydrogens (primary N) is 1. The summed E-state index contributed by atoms with van der Waals surface area (Å²) in [5.74, 6) is 2.26. The number of anilines is 1. The largest absolute Gasteiger partial charge is 0.435 e. The lowest BCUT2D eigenvalue weighted by Crippen LogP contribution is -2.18. The first-order valence-electron chi connectivity index (χ1n) is 7.16. The lowest BCUT2D eigenvalue weighted by molar-refractivity contribution is 0.441. The molecule has 6 heteroatoms. The fourth-order valence-corrected chi connectivity index (χ4v) is 1.81. The molecule has 2 aromatic rings. The Morgan fingerprint density at radius 2 is 2.00 bits per heavy atom. The molecule has 6 nitrogen and oxygen atoms in total. The maximum atomic E-state index is 5.97. The van der Waals surface area contributed by atoms with Gasteiger partial charge in [0.2, 0.25) is 5.88 Å². The lowest BCUT2D eigenvalue weighted by Gasteiger charge is -2.18. The van der Waals surface area contributed by atoms with Crippen LogP contribution < -0.4 is 10.5 Å². The summed E-state index contributed by atoms with van der Waals surface area (Å²) in [7, 11) is 0. The molecule has 0 spiro atoms. The molecule has 0 atom stereocenters. The van der Waals surface area contributed by atoms with Crippen molar-refractivity contribution >= 4 is 5.82 Å². The van der Waals surface area contributed by atoms with E-state index in [-0.39, 0.29) is 5.41 Å². The predicted octanol–water partition coefficient (Wildman–Crippen LogP) is 3.06. The van der Waals surface area contributed by atoms with Crippen molar-refractivity contribution < 1.29 is 4.74 Å². The zero-order valence-electron chi connectivity index (χ0n) is 13.3. The fourth-order valence-electron chi connectivity index (χ4n) is 1.81. The normalized spacial score (nSPS) is 11.7. The lowest BCUT2D eigenvalue weighted by atomic mass is 9.95. The van der Waals surface area contributed by atoms with Gasteiger partial charge in [0.1, 0.15) is 11.6 Å². The summed E-state index contributed by atoms with van der Waals surface area (Å²) in [6.07, 6.45) is 4.57. The molecule has 0 bridgehead atoms. The SMILES string of the molecule is CCCn1cc(Oc2nc(C(C)(C)C)nc(N)c2C)cn1. The van der Waals surface area contributed by atoms with Crippen LogP contribution in [0.1, 0.15) is 45.5 Å². The molecule has 2 aromatic heterocycles. The summed E-state index contributed by atoms with van der Waals surface area (Å²) >= 11 is 0. The van der Waals surface area contributed by atoms with E-state index < -0.39 is 0 Å². The molecule has 0 saturated heterocycles. The van der Waals surface area contributed by atoms with Gasteiger partial charge in [-0.15, -0.1) is 0 Å². The highest BCUT2D eigenvalue weighted by Gasteiger charge is 2.21. The number of nitrogen functional groups attached to an aromatic ring is 1. The van der Waals surface area contributed by atoms with Crippen LogP contribution in [-0.4, -0.2) is 19.7 Å². The number of aryl methyl sites for hydroxylation is 1. The molecule has 0 aliphatic heterocycles. The number of nitrogens with zero attached hydrogens (tertiary/aromatic N) is 4. The number of ether oxygens (including phenoxy) is 1. The maximum absolute atomic E-state index is 5.97. The second-order valence-electron chi connectivity index (χ2n) is 6.15. The number of rotatable bonds is 4. The average molecular weight is 289 g/mol. The standard InChI is InChI=1S/C15H23N5O/c1-6-7-20-9-11(8-17-20)21-13-10(2)12(16)18-14(19-13)15(3,4)5/h8-9H,6-7H2,1-5H3,(H2,16,18,19). The van der Waals surface area contributed by atoms with Crippen molar-refractivity contribution in [2.45, 2.75) is 53.0 Å². The molecule has 2 N–H and O–H groups in total. The highest BCUT2D eigenvalue weighted by molar-refractivity contribution is 5.46. The van der Waals surface area contributed by atoms with Crippen molar-refractivity contribution in [1.82, 2.24) is 19.7 Å². The second kappa shape index (κ2) is 5.71. The molecule has 0 aromatic carbocycles. The van der Waals surface area contributed by atoms with Crippen LogP contribution in [0.5, 0.6) is 11.6 Å². The Morgan fingerprint density at radius 1 is 1.29 bits per heavy atom. The Balaban J connectivity index is 2.32. The van der Waals surface area contributed by atoms with Crippen LogP contribution in [-0.2, 0) is 12.0 Å². The minimum absolute atomic E-state index is 0.188. The van der Waals surface area contributed by atoms with E-state index in [9.17, 15) is 0 Å². The molecule has 114 valence electrons. The van der Waals surface area contributed by atoms with Gasteiger partial charge >= 0.3 is 0 Å². The minimum atomic E-state index is -0.188. The molecule has 0 radical (unpaired) electrons. The van der Waals surface area contributed by atoms with Crippen LogP contribution in [0.25, 0.3) is 0 Å². The van der Waals surface area contributed by atoms with Crippen LogP contribution in [0, 0.1) is 6.92 Å². The molecule has 0 aliphatic carbocycles. The van der Waals surface area contributed by atoms with Gasteiger partial charge in [0.25, 0.3) is 0 Å². The van der Waals surface area contributed by atoms with Crippen molar-refractivity contribution in [2.24, 2.45) is 0 Å². The molecule has 2 heterocycles. The molecular formula is C15H23N5O. The van der Waals surface area contributed by atoms with Gasteiger partial charge in [0, 0.05) is 12.0 Å². The van der Waals surface area contributed by atoms with Crippen LogP contribution in [0.3, 0.4) is 0 Å². The molecule has 0 aliphatic rings. The van der Waals surface area contributed by atoms with Crippen molar-refractivity contribution in [3.63, 3.8) is 0 Å². The van der Waals surface area contributed by atoms with Crippen LogP contribution in [0.4, 0.5) is 5.82 Å². The Kier molecular flexibility index (Phi) is 4.16. The van der Waals surface area contributed by atoms with Crippen LogP contribution in [0.15, 0.2) is 12.4 Å². The number of aromatic nitrogens is 4. The van der Waals surface area contributed by atoms with Crippen molar-refractivity contribution in [2.75, 3.05) is 5.73 Å². The van der Waals surface area contributed by atoms with E-state index in [1.54, 1.807) is 6.20 Å². The molecular weight excluding hydrogens is 266 g/mol. The Bertz CT molecular complexity index is 627. The fraction of sp³-hybridized carbons (Fsp3) is 0.533. The molecule has 0 saturated carbocycles. The summed E-state index contributed by atoms with van der Waals surface area (Å²) in [5.41, 5.74) is 6.53. The molecule has 0 unspecified atom stereocenters. The van der Waals surface area contributed by atoms with Crippen LogP contribution >= 0.6 is 0 Å². The number of hydrogen-bond acceptors (Lipinski definition) is 5. The summed E-state index contributed by atoms with van der Waals surface area (Å²) in [6, 6.07) is 0. The summed E-state index contributed by atoms with van der Waals surface area (Å²) in [4.78, 5) is 8.85. The van der Waals surface area contributed by atoms with Crippen LogP contribution in [0.2, 0.25) is 0 Å². The molecule has 0 amide bonds. The van der Waals surface area contributed by atoms with Gasteiger partial charge in [-0.1, -0.05) is 27.7 Å². The molecule has 0 fully saturated rings. The van der Waals surface area contributed by atoms with E-state index in [0.717, 1.165) is 18.5 Å². The summed E-state index contributed by atoms with van der Waals surface area (Å²) < 4.78 is 7.69. The molecule has 2 rings (SSSR count). The first kappa shape index (κ1) is 15.3. The van der Waals surface area contributed by atoms with E-state index in [4.69, 9.17) is 10.5 Å². The van der Waals surface area contributed by atoms with Gasteiger partial charge in [-0.25, -0.2) is 4.98 Å². The van der Waals surface area contributed by atoms with E-state index in [0.29, 0.717) is 23.3 Å². The highest BCUT2D eigenvalue weighted by atomic mass is 16.5. The third-order valence-corrected chi connectivity index (χ3v) is 3.09. The number of hydrogen-bond donors (Lipinski definition) is 1. The van der Waals surface area contributed by atoms with Crippen molar-refractivity contribution in [3.05, 3.63) is 23.8 Å². The highest BCUT2D eigenvalue weighted by Crippen LogP contribution is 2.29.